The minimum atomic E-state index is -0.377. The van der Waals surface area contributed by atoms with E-state index in [9.17, 15) is 4.39 Å². The molecule has 1 rings (SSSR count). The summed E-state index contributed by atoms with van der Waals surface area (Å²) in [4.78, 5) is 0. The molecule has 0 N–H and O–H groups in total. The predicted octanol–water partition coefficient (Wildman–Crippen LogP) is 1.65. The van der Waals surface area contributed by atoms with Crippen LogP contribution >= 0.6 is 22.6 Å². The zero-order valence-corrected chi connectivity index (χ0v) is 7.09. The highest BCUT2D eigenvalue weighted by molar-refractivity contribution is 14.1. The maximum absolute atomic E-state index is 12.4. The number of halogens is 2. The van der Waals surface area contributed by atoms with Gasteiger partial charge in [-0.1, -0.05) is 0 Å². The molecule has 1 aromatic rings. The van der Waals surface area contributed by atoms with Crippen LogP contribution in [0.2, 0.25) is 0 Å². The fourth-order valence-electron chi connectivity index (χ4n) is 0.536. The monoisotopic (exact) mass is 240 g/mol. The molecule has 1 aromatic heterocycles. The van der Waals surface area contributed by atoms with E-state index in [0.717, 1.165) is 6.54 Å². The summed E-state index contributed by atoms with van der Waals surface area (Å²) >= 11 is 1.91. The molecular weight excluding hydrogens is 234 g/mol. The average Bonchev–Trinajstić information content (AvgIpc) is 2.13. The Morgan fingerprint density at radius 2 is 2.56 bits per heavy atom. The minimum absolute atomic E-state index is 0.377. The second-order valence-electron chi connectivity index (χ2n) is 1.62. The van der Waals surface area contributed by atoms with Gasteiger partial charge in [-0.3, -0.25) is 4.68 Å². The van der Waals surface area contributed by atoms with Crippen molar-refractivity contribution >= 4 is 22.6 Å². The molecule has 0 atom stereocenters. The van der Waals surface area contributed by atoms with Crippen LogP contribution in [0.1, 0.15) is 6.92 Å². The molecule has 0 bridgehead atoms. The van der Waals surface area contributed by atoms with Gasteiger partial charge in [0.15, 0.2) is 0 Å². The summed E-state index contributed by atoms with van der Waals surface area (Å²) in [7, 11) is 0. The fourth-order valence-corrected chi connectivity index (χ4v) is 0.965. The van der Waals surface area contributed by atoms with E-state index in [1.807, 2.05) is 29.5 Å². The van der Waals surface area contributed by atoms with Crippen LogP contribution in [0, 0.1) is 9.52 Å². The summed E-state index contributed by atoms with van der Waals surface area (Å²) in [6.07, 6.45) is 1.68. The summed E-state index contributed by atoms with van der Waals surface area (Å²) < 4.78 is 14.5. The number of nitrogens with zero attached hydrogens (tertiary/aromatic N) is 2. The van der Waals surface area contributed by atoms with Crippen molar-refractivity contribution in [1.29, 1.82) is 0 Å². The van der Waals surface area contributed by atoms with Crippen molar-refractivity contribution in [3.8, 4) is 0 Å². The van der Waals surface area contributed by atoms with Crippen molar-refractivity contribution in [3.05, 3.63) is 15.7 Å². The van der Waals surface area contributed by atoms with Gasteiger partial charge in [0.2, 0.25) is 5.95 Å². The van der Waals surface area contributed by atoms with Gasteiger partial charge in [-0.05, 0) is 29.5 Å². The third-order valence-corrected chi connectivity index (χ3v) is 1.72. The van der Waals surface area contributed by atoms with Gasteiger partial charge in [0.1, 0.15) is 0 Å². The molecule has 0 aliphatic rings. The Morgan fingerprint density at radius 1 is 1.89 bits per heavy atom. The first-order valence-electron chi connectivity index (χ1n) is 2.62. The van der Waals surface area contributed by atoms with E-state index in [2.05, 4.69) is 5.10 Å². The third-order valence-electron chi connectivity index (χ3n) is 1.000. The number of aryl methyl sites for hydroxylation is 1. The average molecular weight is 240 g/mol. The first-order chi connectivity index (χ1) is 4.24. The third kappa shape index (κ3) is 1.41. The summed E-state index contributed by atoms with van der Waals surface area (Å²) in [6.45, 7) is 2.64. The number of rotatable bonds is 1. The largest absolute Gasteiger partial charge is 0.269 e. The van der Waals surface area contributed by atoms with E-state index < -0.39 is 0 Å². The highest BCUT2D eigenvalue weighted by Crippen LogP contribution is 2.06. The normalized spacial score (nSPS) is 10.1. The highest BCUT2D eigenvalue weighted by atomic mass is 127. The van der Waals surface area contributed by atoms with Crippen LogP contribution in [0.5, 0.6) is 0 Å². The Balaban J connectivity index is 2.98. The smallest absolute Gasteiger partial charge is 0.245 e. The molecule has 9 heavy (non-hydrogen) atoms. The van der Waals surface area contributed by atoms with E-state index in [1.165, 1.54) is 0 Å². The predicted molar refractivity (Wildman–Crippen MR) is 40.6 cm³/mol. The molecule has 0 saturated heterocycles. The van der Waals surface area contributed by atoms with Gasteiger partial charge in [0, 0.05) is 12.7 Å². The van der Waals surface area contributed by atoms with Crippen LogP contribution in [0.4, 0.5) is 4.39 Å². The first kappa shape index (κ1) is 6.98. The Kier molecular flexibility index (Phi) is 2.05. The lowest BCUT2D eigenvalue weighted by molar-refractivity contribution is 0.531. The molecule has 0 aliphatic carbocycles. The molecule has 0 saturated carbocycles. The Hall–Kier alpha value is -0.130. The highest BCUT2D eigenvalue weighted by Gasteiger charge is 2.01. The lowest BCUT2D eigenvalue weighted by Crippen LogP contribution is -1.93. The molecular formula is C5H6FIN2. The van der Waals surface area contributed by atoms with Crippen LogP contribution in [0.25, 0.3) is 0 Å². The summed E-state index contributed by atoms with van der Waals surface area (Å²) in [5, 5.41) is 3.57. The van der Waals surface area contributed by atoms with Crippen molar-refractivity contribution in [2.45, 2.75) is 13.5 Å². The van der Waals surface area contributed by atoms with Crippen molar-refractivity contribution in [3.63, 3.8) is 0 Å². The van der Waals surface area contributed by atoms with E-state index in [-0.39, 0.29) is 5.95 Å². The van der Waals surface area contributed by atoms with E-state index in [4.69, 9.17) is 0 Å². The number of aromatic nitrogens is 2. The van der Waals surface area contributed by atoms with Crippen molar-refractivity contribution in [2.75, 3.05) is 0 Å². The van der Waals surface area contributed by atoms with Gasteiger partial charge in [-0.25, -0.2) is 0 Å². The summed E-state index contributed by atoms with van der Waals surface area (Å²) in [5.41, 5.74) is 0. The standard InChI is InChI=1S/C5H6FIN2/c1-2-9-3-4(7)5(6)8-9/h3H,2H2,1H3. The summed E-state index contributed by atoms with van der Waals surface area (Å²) in [6, 6.07) is 0. The maximum atomic E-state index is 12.4. The van der Waals surface area contributed by atoms with Gasteiger partial charge < -0.3 is 0 Å². The topological polar surface area (TPSA) is 17.8 Å². The molecule has 1 heterocycles. The molecule has 0 aliphatic heterocycles. The molecule has 50 valence electrons. The van der Waals surface area contributed by atoms with Crippen LogP contribution in [0.3, 0.4) is 0 Å². The molecule has 0 radical (unpaired) electrons. The Bertz CT molecular complexity index is 189. The quantitative estimate of drug-likeness (QED) is 0.682. The molecule has 0 spiro atoms. The zero-order valence-electron chi connectivity index (χ0n) is 4.93. The number of hydrogen-bond acceptors (Lipinski definition) is 1. The molecule has 0 fully saturated rings. The van der Waals surface area contributed by atoms with E-state index in [0.29, 0.717) is 3.57 Å². The lowest BCUT2D eigenvalue weighted by atomic mass is 10.7. The lowest BCUT2D eigenvalue weighted by Gasteiger charge is -1.87. The van der Waals surface area contributed by atoms with Gasteiger partial charge in [-0.15, -0.1) is 5.10 Å². The van der Waals surface area contributed by atoms with Crippen molar-refractivity contribution in [1.82, 2.24) is 9.78 Å². The second kappa shape index (κ2) is 2.64. The first-order valence-corrected chi connectivity index (χ1v) is 3.70. The SMILES string of the molecule is CCn1cc(I)c(F)n1. The zero-order chi connectivity index (χ0) is 6.85. The Morgan fingerprint density at radius 3 is 2.78 bits per heavy atom. The van der Waals surface area contributed by atoms with Gasteiger partial charge in [-0.2, -0.15) is 4.39 Å². The van der Waals surface area contributed by atoms with Gasteiger partial charge >= 0.3 is 0 Å². The van der Waals surface area contributed by atoms with Crippen molar-refractivity contribution in [2.24, 2.45) is 0 Å². The molecule has 4 heteroatoms. The van der Waals surface area contributed by atoms with Crippen LogP contribution in [-0.2, 0) is 6.54 Å². The maximum Gasteiger partial charge on any atom is 0.245 e. The van der Waals surface area contributed by atoms with Gasteiger partial charge in [0.05, 0.1) is 3.57 Å². The fraction of sp³-hybridized carbons (Fsp3) is 0.400. The van der Waals surface area contributed by atoms with Crippen LogP contribution in [-0.4, -0.2) is 9.78 Å². The Labute approximate surface area is 66.2 Å². The molecule has 0 aromatic carbocycles. The molecule has 2 nitrogen and oxygen atoms in total. The second-order valence-corrected chi connectivity index (χ2v) is 2.79. The van der Waals surface area contributed by atoms with Crippen molar-refractivity contribution < 1.29 is 4.39 Å². The molecule has 0 amide bonds. The number of hydrogen-bond donors (Lipinski definition) is 0. The minimum Gasteiger partial charge on any atom is -0.269 e. The van der Waals surface area contributed by atoms with E-state index >= 15 is 0 Å². The van der Waals surface area contributed by atoms with Gasteiger partial charge in [0.25, 0.3) is 0 Å². The van der Waals surface area contributed by atoms with E-state index in [1.54, 1.807) is 10.9 Å². The molecule has 0 unspecified atom stereocenters. The van der Waals surface area contributed by atoms with Crippen LogP contribution < -0.4 is 0 Å². The summed E-state index contributed by atoms with van der Waals surface area (Å²) in [5.74, 6) is -0.377. The van der Waals surface area contributed by atoms with Crippen LogP contribution in [0.15, 0.2) is 6.20 Å².